The number of nitrogens with zero attached hydrogens (tertiary/aromatic N) is 2. The molecule has 2 heterocycles. The quantitative estimate of drug-likeness (QED) is 0.299. The Morgan fingerprint density at radius 1 is 0.711 bits per heavy atom. The van der Waals surface area contributed by atoms with E-state index in [2.05, 4.69) is 0 Å². The number of nitroso groups, excluding NO2 is 1. The second kappa shape index (κ2) is 10.0. The van der Waals surface area contributed by atoms with E-state index in [1.807, 2.05) is 83.1 Å². The number of aromatic nitrogens is 1. The lowest BCUT2D eigenvalue weighted by Gasteiger charge is -2.31. The zero-order valence-corrected chi connectivity index (χ0v) is 25.8. The van der Waals surface area contributed by atoms with E-state index in [0.29, 0.717) is 11.4 Å². The largest absolute Gasteiger partial charge is 0.806 e. The molecule has 1 aliphatic heterocycles. The van der Waals surface area contributed by atoms with Crippen LogP contribution in [0.1, 0.15) is 124 Å². The predicted molar refractivity (Wildman–Crippen MR) is 150 cm³/mol. The fourth-order valence-corrected chi connectivity index (χ4v) is 5.11. The molecule has 0 spiro atoms. The Balaban J connectivity index is 3.42. The lowest BCUT2D eigenvalue weighted by molar-refractivity contribution is -0.466. The highest BCUT2D eigenvalue weighted by Crippen LogP contribution is 2.53. The normalized spacial score (nSPS) is 15.5. The van der Waals surface area contributed by atoms with Gasteiger partial charge in [-0.3, -0.25) is 0 Å². The first-order valence-corrected chi connectivity index (χ1v) is 13.3. The third-order valence-corrected chi connectivity index (χ3v) is 6.31. The number of hydrogen-bond donors (Lipinski definition) is 0. The summed E-state index contributed by atoms with van der Waals surface area (Å²) in [6.45, 7) is 26.0. The van der Waals surface area contributed by atoms with E-state index in [9.17, 15) is 19.7 Å². The standard InChI is InChI=1S/C30H46N2O6/c1-15-37-25(33)19-17(21(27(3,4)5)31(35)23(19)29(9,10)11)18-20(26(34)38-16-2)24(30(12,13)14)32(36)22(18)28(6,7)8/h15-16H2,1-14H3. The van der Waals surface area contributed by atoms with E-state index >= 15 is 0 Å². The van der Waals surface area contributed by atoms with Crippen molar-refractivity contribution in [2.24, 2.45) is 10.8 Å². The smallest absolute Gasteiger partial charge is 0.345 e. The number of hydrogen-bond acceptors (Lipinski definition) is 6. The average molecular weight is 531 g/mol. The van der Waals surface area contributed by atoms with Crippen LogP contribution in [-0.4, -0.2) is 34.6 Å². The fourth-order valence-electron chi connectivity index (χ4n) is 5.11. The van der Waals surface area contributed by atoms with Gasteiger partial charge in [-0.1, -0.05) is 62.3 Å². The van der Waals surface area contributed by atoms with E-state index in [1.165, 1.54) is 0 Å². The number of carbonyl (C=O) groups excluding carboxylic acids is 2. The molecule has 0 saturated carbocycles. The van der Waals surface area contributed by atoms with Gasteiger partial charge in [-0.15, -0.1) is 0 Å². The molecule has 212 valence electrons. The van der Waals surface area contributed by atoms with Crippen molar-refractivity contribution in [1.82, 2.24) is 4.73 Å². The lowest BCUT2D eigenvalue weighted by atomic mass is 9.78. The summed E-state index contributed by atoms with van der Waals surface area (Å²) in [5.74, 6) is -1.34. The van der Waals surface area contributed by atoms with Crippen LogP contribution in [0.3, 0.4) is 0 Å². The topological polar surface area (TPSA) is 101 Å². The van der Waals surface area contributed by atoms with Gasteiger partial charge in [-0.2, -0.15) is 0 Å². The van der Waals surface area contributed by atoms with Gasteiger partial charge in [0, 0.05) is 32.7 Å². The van der Waals surface area contributed by atoms with Crippen LogP contribution in [0.2, 0.25) is 0 Å². The van der Waals surface area contributed by atoms with Gasteiger partial charge in [-0.25, -0.2) is 9.59 Å². The summed E-state index contributed by atoms with van der Waals surface area (Å²) < 4.78 is 12.6. The summed E-state index contributed by atoms with van der Waals surface area (Å²) in [7, 11) is 0. The van der Waals surface area contributed by atoms with Crippen LogP contribution in [0.25, 0.3) is 5.57 Å². The molecule has 0 saturated heterocycles. The molecule has 0 unspecified atom stereocenters. The minimum Gasteiger partial charge on any atom is -0.806 e. The molecule has 1 aromatic rings. The van der Waals surface area contributed by atoms with E-state index in [0.717, 1.165) is 9.49 Å². The van der Waals surface area contributed by atoms with Crippen molar-refractivity contribution in [1.29, 1.82) is 0 Å². The van der Waals surface area contributed by atoms with E-state index in [1.54, 1.807) is 13.8 Å². The van der Waals surface area contributed by atoms with Crippen LogP contribution in [0.15, 0.2) is 17.0 Å². The van der Waals surface area contributed by atoms with E-state index < -0.39 is 33.6 Å². The van der Waals surface area contributed by atoms with Crippen molar-refractivity contribution in [3.05, 3.63) is 49.6 Å². The van der Waals surface area contributed by atoms with Gasteiger partial charge in [0.2, 0.25) is 0 Å². The molecule has 1 aliphatic rings. The molecular weight excluding hydrogens is 484 g/mol. The van der Waals surface area contributed by atoms with Crippen LogP contribution >= 0.6 is 0 Å². The SMILES string of the molecule is CCOC(=O)C1=C(C(C)(C)C)[N+](=O)C(C(C)(C)C)=C1c1c(C(=O)OCC)c(C(C)(C)C)n([O-])c1C(C)(C)C. The Morgan fingerprint density at radius 2 is 1.13 bits per heavy atom. The summed E-state index contributed by atoms with van der Waals surface area (Å²) >= 11 is 0. The Hall–Kier alpha value is -2.90. The van der Waals surface area contributed by atoms with Gasteiger partial charge in [0.15, 0.2) is 0 Å². The van der Waals surface area contributed by atoms with Crippen molar-refractivity contribution < 1.29 is 23.8 Å². The molecule has 8 heteroatoms. The average Bonchev–Trinajstić information content (AvgIpc) is 3.18. The highest BCUT2D eigenvalue weighted by atomic mass is 16.5. The van der Waals surface area contributed by atoms with Gasteiger partial charge in [0.25, 0.3) is 11.4 Å². The van der Waals surface area contributed by atoms with Crippen LogP contribution < -0.4 is 0 Å². The maximum atomic E-state index is 14.2. The Kier molecular flexibility index (Phi) is 8.25. The van der Waals surface area contributed by atoms with Crippen LogP contribution in [0.5, 0.6) is 0 Å². The van der Waals surface area contributed by atoms with Gasteiger partial charge in [0.05, 0.1) is 39.9 Å². The molecule has 8 nitrogen and oxygen atoms in total. The van der Waals surface area contributed by atoms with Crippen molar-refractivity contribution in [2.45, 2.75) is 108 Å². The van der Waals surface area contributed by atoms with E-state index in [-0.39, 0.29) is 46.9 Å². The molecule has 0 atom stereocenters. The minimum absolute atomic E-state index is 0.0846. The summed E-state index contributed by atoms with van der Waals surface area (Å²) in [6.07, 6.45) is 0. The Bertz CT molecular complexity index is 1220. The van der Waals surface area contributed by atoms with E-state index in [4.69, 9.17) is 9.47 Å². The predicted octanol–water partition coefficient (Wildman–Crippen LogP) is 7.02. The lowest BCUT2D eigenvalue weighted by Crippen LogP contribution is -2.24. The number of ether oxygens (including phenoxy) is 2. The van der Waals surface area contributed by atoms with Crippen molar-refractivity contribution in [2.75, 3.05) is 13.2 Å². The molecule has 0 amide bonds. The molecule has 2 rings (SSSR count). The number of carbonyl (C=O) groups is 2. The Labute approximate surface area is 227 Å². The minimum atomic E-state index is -0.754. The van der Waals surface area contributed by atoms with Gasteiger partial charge >= 0.3 is 11.9 Å². The number of allylic oxidation sites excluding steroid dienone is 2. The molecule has 1 aromatic heterocycles. The highest BCUT2D eigenvalue weighted by molar-refractivity contribution is 6.12. The van der Waals surface area contributed by atoms with Crippen molar-refractivity contribution in [3.63, 3.8) is 0 Å². The van der Waals surface area contributed by atoms with Gasteiger partial charge in [-0.05, 0) is 34.6 Å². The summed E-state index contributed by atoms with van der Waals surface area (Å²) in [5, 5.41) is 14.2. The monoisotopic (exact) mass is 530 g/mol. The molecule has 0 radical (unpaired) electrons. The number of rotatable bonds is 5. The van der Waals surface area contributed by atoms with Crippen LogP contribution in [-0.2, 0) is 25.1 Å². The van der Waals surface area contributed by atoms with Crippen molar-refractivity contribution >= 4 is 17.5 Å². The zero-order valence-electron chi connectivity index (χ0n) is 25.8. The maximum Gasteiger partial charge on any atom is 0.345 e. The molecular formula is C30H46N2O6. The van der Waals surface area contributed by atoms with Gasteiger partial charge in [0.1, 0.15) is 5.57 Å². The molecule has 0 N–H and O–H groups in total. The Morgan fingerprint density at radius 3 is 1.50 bits per heavy atom. The summed E-state index contributed by atoms with van der Waals surface area (Å²) in [5.41, 5.74) is -1.23. The zero-order chi connectivity index (χ0) is 29.8. The number of esters is 2. The first-order valence-electron chi connectivity index (χ1n) is 13.3. The second-order valence-corrected chi connectivity index (χ2v) is 13.9. The summed E-state index contributed by atoms with van der Waals surface area (Å²) in [6, 6.07) is 0. The van der Waals surface area contributed by atoms with Crippen LogP contribution in [0, 0.1) is 20.9 Å². The molecule has 0 aromatic carbocycles. The molecule has 38 heavy (non-hydrogen) atoms. The first kappa shape index (κ1) is 31.3. The second-order valence-electron chi connectivity index (χ2n) is 13.9. The van der Waals surface area contributed by atoms with Crippen LogP contribution in [0.4, 0.5) is 0 Å². The van der Waals surface area contributed by atoms with Gasteiger partial charge < -0.3 is 19.4 Å². The molecule has 0 fully saturated rings. The first-order chi connectivity index (χ1) is 17.0. The molecule has 0 bridgehead atoms. The summed E-state index contributed by atoms with van der Waals surface area (Å²) in [4.78, 5) is 41.5. The highest BCUT2D eigenvalue weighted by Gasteiger charge is 2.55. The maximum absolute atomic E-state index is 14.2. The third kappa shape index (κ3) is 5.45. The molecule has 0 aliphatic carbocycles. The third-order valence-electron chi connectivity index (χ3n) is 6.31. The van der Waals surface area contributed by atoms with Crippen molar-refractivity contribution in [3.8, 4) is 0 Å². The fraction of sp³-hybridized carbons (Fsp3) is 0.667.